The molecule has 32 heavy (non-hydrogen) atoms. The van der Waals surface area contributed by atoms with E-state index < -0.39 is 12.2 Å². The fourth-order valence-electron chi connectivity index (χ4n) is 5.93. The number of nitrogens with zero attached hydrogens (tertiary/aromatic N) is 5. The van der Waals surface area contributed by atoms with Crippen LogP contribution < -0.4 is 11.5 Å². The Labute approximate surface area is 184 Å². The highest BCUT2D eigenvalue weighted by molar-refractivity contribution is 5.86. The van der Waals surface area contributed by atoms with Gasteiger partial charge in [-0.1, -0.05) is 0 Å². The predicted molar refractivity (Wildman–Crippen MR) is 120 cm³/mol. The Hall–Kier alpha value is -3.30. The molecule has 5 atom stereocenters. The highest BCUT2D eigenvalue weighted by Gasteiger charge is 2.64. The summed E-state index contributed by atoms with van der Waals surface area (Å²) in [5, 5.41) is 23.9. The molecule has 2 aliphatic carbocycles. The van der Waals surface area contributed by atoms with Gasteiger partial charge >= 0.3 is 0 Å². The molecule has 2 fully saturated rings. The van der Waals surface area contributed by atoms with Gasteiger partial charge in [-0.15, -0.1) is 0 Å². The van der Waals surface area contributed by atoms with Gasteiger partial charge < -0.3 is 26.2 Å². The Morgan fingerprint density at radius 3 is 2.72 bits per heavy atom. The van der Waals surface area contributed by atoms with E-state index in [-0.39, 0.29) is 17.4 Å². The second-order valence-electron chi connectivity index (χ2n) is 9.11. The van der Waals surface area contributed by atoms with Crippen molar-refractivity contribution in [2.45, 2.75) is 43.9 Å². The minimum absolute atomic E-state index is 0.147. The molecule has 5 unspecified atom stereocenters. The maximum atomic E-state index is 11.2. The lowest BCUT2D eigenvalue weighted by Crippen LogP contribution is -2.46. The van der Waals surface area contributed by atoms with Crippen molar-refractivity contribution < 1.29 is 10.2 Å². The third-order valence-corrected chi connectivity index (χ3v) is 7.67. The number of aliphatic hydroxyl groups is 2. The number of hydrogen-bond acceptors (Lipinski definition) is 8. The lowest BCUT2D eigenvalue weighted by molar-refractivity contribution is -0.0743. The van der Waals surface area contributed by atoms with Crippen molar-refractivity contribution in [1.82, 2.24) is 24.5 Å². The zero-order valence-corrected chi connectivity index (χ0v) is 17.5. The summed E-state index contributed by atoms with van der Waals surface area (Å²) in [5.74, 6) is 1.01. The Balaban J connectivity index is 1.30. The molecular weight excluding hydrogens is 406 g/mol. The number of fused-ring (bicyclic) bond motifs is 3. The third-order valence-electron chi connectivity index (χ3n) is 7.67. The molecule has 0 aliphatic heterocycles. The quantitative estimate of drug-likeness (QED) is 0.382. The van der Waals surface area contributed by atoms with Crippen molar-refractivity contribution in [3.8, 4) is 0 Å². The molecule has 4 heterocycles. The average Bonchev–Trinajstić information content (AvgIpc) is 3.25. The summed E-state index contributed by atoms with van der Waals surface area (Å²) in [6.07, 6.45) is 4.91. The average molecular weight is 432 g/mol. The molecular formula is C23H25N7O2. The fourth-order valence-corrected chi connectivity index (χ4v) is 5.93. The first-order valence-corrected chi connectivity index (χ1v) is 10.9. The maximum Gasteiger partial charge on any atom is 0.161 e. The molecule has 4 aromatic heterocycles. The van der Waals surface area contributed by atoms with Crippen LogP contribution in [0.3, 0.4) is 0 Å². The molecule has 0 amide bonds. The van der Waals surface area contributed by atoms with Gasteiger partial charge in [0.1, 0.15) is 29.7 Å². The zero-order chi connectivity index (χ0) is 22.0. The summed E-state index contributed by atoms with van der Waals surface area (Å²) < 4.78 is 1.97. The highest BCUT2D eigenvalue weighted by Crippen LogP contribution is 2.64. The number of anilines is 2. The summed E-state index contributed by atoms with van der Waals surface area (Å²) in [4.78, 5) is 17.4. The molecule has 4 aromatic rings. The van der Waals surface area contributed by atoms with Crippen LogP contribution in [-0.2, 0) is 6.42 Å². The topological polar surface area (TPSA) is 149 Å². The van der Waals surface area contributed by atoms with Crippen molar-refractivity contribution in [1.29, 1.82) is 0 Å². The lowest BCUT2D eigenvalue weighted by atomic mass is 9.58. The normalized spacial score (nSPS) is 29.3. The molecule has 0 saturated heterocycles. The molecule has 2 saturated carbocycles. The van der Waals surface area contributed by atoms with E-state index in [2.05, 4.69) is 19.9 Å². The van der Waals surface area contributed by atoms with E-state index >= 15 is 0 Å². The van der Waals surface area contributed by atoms with Gasteiger partial charge in [0, 0.05) is 22.7 Å². The molecule has 164 valence electrons. The van der Waals surface area contributed by atoms with Gasteiger partial charge in [-0.05, 0) is 61.9 Å². The molecule has 0 radical (unpaired) electrons. The van der Waals surface area contributed by atoms with Gasteiger partial charge in [0.25, 0.3) is 0 Å². The predicted octanol–water partition coefficient (Wildman–Crippen LogP) is 1.84. The summed E-state index contributed by atoms with van der Waals surface area (Å²) in [5.41, 5.74) is 13.7. The number of pyridine rings is 2. The molecule has 9 nitrogen and oxygen atoms in total. The van der Waals surface area contributed by atoms with Gasteiger partial charge in [0.15, 0.2) is 5.65 Å². The van der Waals surface area contributed by atoms with E-state index in [1.54, 1.807) is 6.07 Å². The van der Waals surface area contributed by atoms with E-state index in [1.165, 1.54) is 6.33 Å². The fraction of sp³-hybridized carbons (Fsp3) is 0.391. The van der Waals surface area contributed by atoms with Crippen LogP contribution in [-0.4, -0.2) is 46.9 Å². The third kappa shape index (κ3) is 2.64. The Kier molecular flexibility index (Phi) is 4.15. The smallest absolute Gasteiger partial charge is 0.161 e. The van der Waals surface area contributed by atoms with Crippen LogP contribution in [0.15, 0.2) is 42.9 Å². The van der Waals surface area contributed by atoms with Gasteiger partial charge in [-0.25, -0.2) is 19.9 Å². The number of nitrogen functional groups attached to an aromatic ring is 2. The van der Waals surface area contributed by atoms with Crippen molar-refractivity contribution in [2.75, 3.05) is 11.5 Å². The summed E-state index contributed by atoms with van der Waals surface area (Å²) in [6.45, 7) is 0. The van der Waals surface area contributed by atoms with Gasteiger partial charge in [-0.3, -0.25) is 0 Å². The first kappa shape index (κ1) is 19.4. The van der Waals surface area contributed by atoms with E-state index in [4.69, 9.17) is 11.5 Å². The van der Waals surface area contributed by atoms with Crippen LogP contribution in [0.4, 0.5) is 11.6 Å². The standard InChI is InChI=1S/C23H25N7O2/c24-16-4-2-12-1-3-13(28-21(12)29-16)5-8-23-9-6-15(23)17(18(31)19(23)32)30-10-7-14-20(25)26-11-27-22(14)30/h1-4,7,10-11,15,17-19,31-32H,5-6,8-9H2,(H2,24,28,29)(H2,25,26,27). The van der Waals surface area contributed by atoms with E-state index in [0.717, 1.165) is 35.7 Å². The first-order chi connectivity index (χ1) is 15.5. The molecule has 0 aromatic carbocycles. The summed E-state index contributed by atoms with van der Waals surface area (Å²) >= 11 is 0. The van der Waals surface area contributed by atoms with Crippen molar-refractivity contribution >= 4 is 33.7 Å². The maximum absolute atomic E-state index is 11.2. The van der Waals surface area contributed by atoms with Crippen LogP contribution in [0, 0.1) is 11.3 Å². The molecule has 0 spiro atoms. The Bertz CT molecular complexity index is 1340. The SMILES string of the molecule is Nc1ccc2ccc(CCC34CCC3C(n3ccc5c(N)ncnc53)C(O)C4O)nc2n1. The highest BCUT2D eigenvalue weighted by atomic mass is 16.3. The van der Waals surface area contributed by atoms with Crippen LogP contribution in [0.1, 0.15) is 31.0 Å². The zero-order valence-electron chi connectivity index (χ0n) is 17.5. The van der Waals surface area contributed by atoms with Gasteiger partial charge in [0.05, 0.1) is 17.5 Å². The second kappa shape index (κ2) is 6.85. The van der Waals surface area contributed by atoms with Crippen molar-refractivity contribution in [3.05, 3.63) is 48.5 Å². The van der Waals surface area contributed by atoms with E-state index in [9.17, 15) is 10.2 Å². The largest absolute Gasteiger partial charge is 0.390 e. The van der Waals surface area contributed by atoms with Crippen LogP contribution in [0.5, 0.6) is 0 Å². The summed E-state index contributed by atoms with van der Waals surface area (Å²) in [6, 6.07) is 9.30. The molecule has 6 rings (SSSR count). The first-order valence-electron chi connectivity index (χ1n) is 10.9. The number of aromatic nitrogens is 5. The van der Waals surface area contributed by atoms with Crippen molar-refractivity contribution in [2.24, 2.45) is 11.3 Å². The molecule has 2 aliphatic rings. The van der Waals surface area contributed by atoms with E-state index in [0.29, 0.717) is 29.4 Å². The van der Waals surface area contributed by atoms with Crippen LogP contribution in [0.25, 0.3) is 22.1 Å². The van der Waals surface area contributed by atoms with Gasteiger partial charge in [-0.2, -0.15) is 0 Å². The van der Waals surface area contributed by atoms with Crippen molar-refractivity contribution in [3.63, 3.8) is 0 Å². The van der Waals surface area contributed by atoms with E-state index in [1.807, 2.05) is 35.0 Å². The monoisotopic (exact) mass is 431 g/mol. The molecule has 9 heteroatoms. The molecule has 6 N–H and O–H groups in total. The number of aryl methyl sites for hydroxylation is 1. The number of aliphatic hydroxyl groups excluding tert-OH is 2. The minimum Gasteiger partial charge on any atom is -0.390 e. The van der Waals surface area contributed by atoms with Crippen LogP contribution in [0.2, 0.25) is 0 Å². The Morgan fingerprint density at radius 1 is 1.06 bits per heavy atom. The van der Waals surface area contributed by atoms with Gasteiger partial charge in [0.2, 0.25) is 0 Å². The minimum atomic E-state index is -0.875. The van der Waals surface area contributed by atoms with Crippen LogP contribution >= 0.6 is 0 Å². The summed E-state index contributed by atoms with van der Waals surface area (Å²) in [7, 11) is 0. The Morgan fingerprint density at radius 2 is 1.91 bits per heavy atom. The lowest BCUT2D eigenvalue weighted by Gasteiger charge is -2.48. The number of rotatable bonds is 4. The number of hydrogen-bond donors (Lipinski definition) is 4. The second-order valence-corrected chi connectivity index (χ2v) is 9.11. The molecule has 0 bridgehead atoms. The number of nitrogens with two attached hydrogens (primary N) is 2.